The molecule has 1 aromatic rings. The lowest BCUT2D eigenvalue weighted by atomic mass is 9.96. The zero-order valence-corrected chi connectivity index (χ0v) is 18.6. The third kappa shape index (κ3) is 6.43. The fraction of sp³-hybridized carbons (Fsp3) is 0.600. The number of carbonyl (C=O) groups is 2. The lowest BCUT2D eigenvalue weighted by Crippen LogP contribution is -2.36. The number of rotatable bonds is 9. The molecule has 0 saturated heterocycles. The molecule has 0 heterocycles. The Labute approximate surface area is 167 Å². The average Bonchev–Trinajstić information content (AvgIpc) is 2.60. The van der Waals surface area contributed by atoms with E-state index in [-0.39, 0.29) is 13.2 Å². The summed E-state index contributed by atoms with van der Waals surface area (Å²) in [5.41, 5.74) is -0.823. The average molecular weight is 414 g/mol. The van der Waals surface area contributed by atoms with Gasteiger partial charge in [0.1, 0.15) is 5.60 Å². The fourth-order valence-corrected chi connectivity index (χ4v) is 4.90. The van der Waals surface area contributed by atoms with Crippen molar-refractivity contribution in [2.24, 2.45) is 0 Å². The minimum Gasteiger partial charge on any atom is -0.465 e. The van der Waals surface area contributed by atoms with Gasteiger partial charge in [-0.3, -0.25) is 9.36 Å². The molecular weight excluding hydrogens is 383 g/mol. The van der Waals surface area contributed by atoms with Crippen LogP contribution in [0.3, 0.4) is 0 Å². The number of esters is 2. The number of hydrogen-bond donors (Lipinski definition) is 0. The van der Waals surface area contributed by atoms with Gasteiger partial charge in [0.25, 0.3) is 0 Å². The van der Waals surface area contributed by atoms with Crippen LogP contribution in [0.4, 0.5) is 0 Å². The van der Waals surface area contributed by atoms with Gasteiger partial charge in [-0.15, -0.1) is 0 Å². The highest BCUT2D eigenvalue weighted by Crippen LogP contribution is 2.58. The molecule has 2 atom stereocenters. The van der Waals surface area contributed by atoms with Gasteiger partial charge in [-0.2, -0.15) is 0 Å². The zero-order chi connectivity index (χ0) is 21.5. The van der Waals surface area contributed by atoms with Gasteiger partial charge < -0.3 is 18.5 Å². The number of carbonyl (C=O) groups excluding carboxylic acids is 2. The van der Waals surface area contributed by atoms with E-state index in [9.17, 15) is 14.2 Å². The molecule has 0 aromatic heterocycles. The van der Waals surface area contributed by atoms with E-state index in [1.54, 1.807) is 65.8 Å². The maximum absolute atomic E-state index is 13.5. The predicted octanol–water partition coefficient (Wildman–Crippen LogP) is 4.55. The van der Waals surface area contributed by atoms with E-state index in [1.165, 1.54) is 7.11 Å². The Kier molecular flexibility index (Phi) is 8.86. The third-order valence-electron chi connectivity index (χ3n) is 3.94. The highest BCUT2D eigenvalue weighted by Gasteiger charge is 2.47. The van der Waals surface area contributed by atoms with Crippen LogP contribution >= 0.6 is 7.60 Å². The largest absolute Gasteiger partial charge is 0.465 e. The fourth-order valence-electron chi connectivity index (χ4n) is 2.75. The zero-order valence-electron chi connectivity index (χ0n) is 17.7. The number of hydrogen-bond acceptors (Lipinski definition) is 7. The van der Waals surface area contributed by atoms with Gasteiger partial charge in [-0.25, -0.2) is 4.79 Å². The molecule has 0 N–H and O–H groups in total. The molecule has 0 aliphatic carbocycles. The molecule has 0 amide bonds. The van der Waals surface area contributed by atoms with Gasteiger partial charge in [0.15, 0.2) is 5.66 Å². The van der Waals surface area contributed by atoms with Crippen LogP contribution in [-0.2, 0) is 27.9 Å². The van der Waals surface area contributed by atoms with Gasteiger partial charge in [-0.1, -0.05) is 19.1 Å². The van der Waals surface area contributed by atoms with Crippen molar-refractivity contribution in [3.63, 3.8) is 0 Å². The summed E-state index contributed by atoms with van der Waals surface area (Å²) >= 11 is 0. The van der Waals surface area contributed by atoms with Crippen molar-refractivity contribution in [3.8, 4) is 0 Å². The third-order valence-corrected chi connectivity index (χ3v) is 6.51. The van der Waals surface area contributed by atoms with Crippen LogP contribution in [0.1, 0.15) is 63.4 Å². The minimum atomic E-state index is -3.80. The Hall–Kier alpha value is -1.69. The van der Waals surface area contributed by atoms with E-state index in [4.69, 9.17) is 18.5 Å². The van der Waals surface area contributed by atoms with Crippen molar-refractivity contribution in [1.29, 1.82) is 0 Å². The molecule has 0 saturated carbocycles. The normalized spacial score (nSPS) is 14.2. The maximum atomic E-state index is 13.5. The van der Waals surface area contributed by atoms with Gasteiger partial charge in [0, 0.05) is 5.92 Å². The summed E-state index contributed by atoms with van der Waals surface area (Å²) < 4.78 is 34.6. The Morgan fingerprint density at radius 2 is 1.54 bits per heavy atom. The molecule has 1 aromatic carbocycles. The molecule has 1 rings (SSSR count). The van der Waals surface area contributed by atoms with Crippen LogP contribution in [0.25, 0.3) is 0 Å². The van der Waals surface area contributed by atoms with Crippen LogP contribution in [0.5, 0.6) is 0 Å². The van der Waals surface area contributed by atoms with Crippen LogP contribution in [0.2, 0.25) is 0 Å². The van der Waals surface area contributed by atoms with Crippen LogP contribution in [-0.4, -0.2) is 43.5 Å². The highest BCUT2D eigenvalue weighted by atomic mass is 31.2. The molecule has 2 unspecified atom stereocenters. The van der Waals surface area contributed by atoms with Crippen LogP contribution < -0.4 is 0 Å². The van der Waals surface area contributed by atoms with Crippen LogP contribution in [0, 0.1) is 0 Å². The second kappa shape index (κ2) is 10.2. The van der Waals surface area contributed by atoms with Gasteiger partial charge in [-0.05, 0) is 52.3 Å². The molecule has 0 aliphatic heterocycles. The van der Waals surface area contributed by atoms with Gasteiger partial charge in [0.2, 0.25) is 0 Å². The molecule has 0 radical (unpaired) electrons. The van der Waals surface area contributed by atoms with Crippen molar-refractivity contribution in [2.45, 2.75) is 58.7 Å². The van der Waals surface area contributed by atoms with E-state index in [2.05, 4.69) is 0 Å². The molecule has 0 aliphatic rings. The number of ether oxygens (including phenoxy) is 2. The Bertz CT molecular complexity index is 696. The van der Waals surface area contributed by atoms with Crippen molar-refractivity contribution in [3.05, 3.63) is 35.4 Å². The Morgan fingerprint density at radius 1 is 1.04 bits per heavy atom. The SMILES string of the molecule is CCOP(=O)(OCC)C(C(=O)OC(C)(C)C)C(C)c1ccc(C(=O)OC)cc1. The summed E-state index contributed by atoms with van der Waals surface area (Å²) in [5, 5.41) is 0. The number of benzene rings is 1. The summed E-state index contributed by atoms with van der Waals surface area (Å²) in [6, 6.07) is 6.57. The standard InChI is InChI=1S/C20H31O7P/c1-8-25-28(23,26-9-2)17(19(22)27-20(4,5)6)14(3)15-10-12-16(13-11-15)18(21)24-7/h10-14,17H,8-9H2,1-7H3. The minimum absolute atomic E-state index is 0.130. The molecule has 8 heteroatoms. The first kappa shape index (κ1) is 24.3. The molecule has 0 spiro atoms. The lowest BCUT2D eigenvalue weighted by Gasteiger charge is -2.31. The first-order valence-electron chi connectivity index (χ1n) is 9.29. The van der Waals surface area contributed by atoms with E-state index in [0.29, 0.717) is 11.1 Å². The summed E-state index contributed by atoms with van der Waals surface area (Å²) in [4.78, 5) is 24.6. The number of methoxy groups -OCH3 is 1. The lowest BCUT2D eigenvalue weighted by molar-refractivity contribution is -0.155. The highest BCUT2D eigenvalue weighted by molar-refractivity contribution is 7.55. The second-order valence-electron chi connectivity index (χ2n) is 7.26. The first-order valence-corrected chi connectivity index (χ1v) is 10.9. The molecule has 7 nitrogen and oxygen atoms in total. The Balaban J connectivity index is 3.34. The van der Waals surface area contributed by atoms with Gasteiger partial charge in [0.05, 0.1) is 25.9 Å². The van der Waals surface area contributed by atoms with Crippen molar-refractivity contribution >= 4 is 19.5 Å². The maximum Gasteiger partial charge on any atom is 0.345 e. The topological polar surface area (TPSA) is 88.1 Å². The molecule has 0 fully saturated rings. The second-order valence-corrected chi connectivity index (χ2v) is 9.41. The van der Waals surface area contributed by atoms with E-state index in [0.717, 1.165) is 0 Å². The van der Waals surface area contributed by atoms with Crippen molar-refractivity contribution in [1.82, 2.24) is 0 Å². The molecular formula is C20H31O7P. The summed E-state index contributed by atoms with van der Waals surface area (Å²) in [5.74, 6) is -1.65. The quantitative estimate of drug-likeness (QED) is 0.432. The summed E-state index contributed by atoms with van der Waals surface area (Å²) in [6.45, 7) is 10.6. The molecule has 28 heavy (non-hydrogen) atoms. The van der Waals surface area contributed by atoms with Gasteiger partial charge >= 0.3 is 19.5 Å². The summed E-state index contributed by atoms with van der Waals surface area (Å²) in [7, 11) is -2.49. The first-order chi connectivity index (χ1) is 13.0. The van der Waals surface area contributed by atoms with Crippen LogP contribution in [0.15, 0.2) is 24.3 Å². The van der Waals surface area contributed by atoms with E-state index in [1.807, 2.05) is 0 Å². The Morgan fingerprint density at radius 3 is 1.93 bits per heavy atom. The van der Waals surface area contributed by atoms with Crippen molar-refractivity contribution in [2.75, 3.05) is 20.3 Å². The van der Waals surface area contributed by atoms with E-state index >= 15 is 0 Å². The summed E-state index contributed by atoms with van der Waals surface area (Å²) in [6.07, 6.45) is 0. The predicted molar refractivity (Wildman–Crippen MR) is 107 cm³/mol. The smallest absolute Gasteiger partial charge is 0.345 e. The van der Waals surface area contributed by atoms with Crippen molar-refractivity contribution < 1.29 is 32.7 Å². The molecule has 158 valence electrons. The monoisotopic (exact) mass is 414 g/mol. The van der Waals surface area contributed by atoms with E-state index < -0.39 is 36.7 Å². The molecule has 0 bridgehead atoms.